The van der Waals surface area contributed by atoms with Crippen LogP contribution in [0.1, 0.15) is 45.1 Å². The predicted molar refractivity (Wildman–Crippen MR) is 96.5 cm³/mol. The van der Waals surface area contributed by atoms with Gasteiger partial charge in [-0.05, 0) is 50.8 Å². The first-order valence-electron chi connectivity index (χ1n) is 9.24. The van der Waals surface area contributed by atoms with Gasteiger partial charge in [-0.3, -0.25) is 25.1 Å². The minimum Gasteiger partial charge on any atom is -0.303 e. The second kappa shape index (κ2) is 9.56. The molecule has 1 unspecified atom stereocenters. The van der Waals surface area contributed by atoms with Crippen molar-refractivity contribution in [2.75, 3.05) is 19.6 Å². The standard InChI is InChI=1S/C18H31N5O2/c1-14-6-9-22(10-7-14)13-16(3)18(25)21-20-17(24)5-4-8-23-12-15(2)11-19-23/h11-12,14,16H,4-10,13H2,1-3H3,(H,20,24)(H,21,25). The molecule has 2 N–H and O–H groups in total. The summed E-state index contributed by atoms with van der Waals surface area (Å²) >= 11 is 0. The van der Waals surface area contributed by atoms with Crippen molar-refractivity contribution < 1.29 is 9.59 Å². The van der Waals surface area contributed by atoms with E-state index in [2.05, 4.69) is 27.8 Å². The molecule has 25 heavy (non-hydrogen) atoms. The third-order valence-electron chi connectivity index (χ3n) is 4.73. The minimum absolute atomic E-state index is 0.130. The molecule has 7 nitrogen and oxygen atoms in total. The molecule has 0 radical (unpaired) electrons. The Bertz CT molecular complexity index is 564. The summed E-state index contributed by atoms with van der Waals surface area (Å²) in [6, 6.07) is 0. The summed E-state index contributed by atoms with van der Waals surface area (Å²) in [5.74, 6) is 0.344. The summed E-state index contributed by atoms with van der Waals surface area (Å²) in [7, 11) is 0. The van der Waals surface area contributed by atoms with Gasteiger partial charge in [-0.1, -0.05) is 13.8 Å². The van der Waals surface area contributed by atoms with Crippen molar-refractivity contribution in [3.63, 3.8) is 0 Å². The van der Waals surface area contributed by atoms with Crippen molar-refractivity contribution in [1.82, 2.24) is 25.5 Å². The number of likely N-dealkylation sites (tertiary alicyclic amines) is 1. The Morgan fingerprint density at radius 2 is 2.04 bits per heavy atom. The lowest BCUT2D eigenvalue weighted by atomic mass is 9.98. The first-order chi connectivity index (χ1) is 11.9. The van der Waals surface area contributed by atoms with Gasteiger partial charge in [0.05, 0.1) is 6.20 Å². The fraction of sp³-hybridized carbons (Fsp3) is 0.722. The van der Waals surface area contributed by atoms with Crippen LogP contribution in [0.5, 0.6) is 0 Å². The van der Waals surface area contributed by atoms with E-state index in [0.717, 1.165) is 31.1 Å². The summed E-state index contributed by atoms with van der Waals surface area (Å²) in [5, 5.41) is 4.18. The molecule has 2 heterocycles. The highest BCUT2D eigenvalue weighted by Gasteiger charge is 2.21. The van der Waals surface area contributed by atoms with Crippen LogP contribution in [0.25, 0.3) is 0 Å². The summed E-state index contributed by atoms with van der Waals surface area (Å²) in [6.07, 6.45) is 7.18. The highest BCUT2D eigenvalue weighted by Crippen LogP contribution is 2.16. The molecule has 0 aliphatic carbocycles. The third-order valence-corrected chi connectivity index (χ3v) is 4.73. The summed E-state index contributed by atoms with van der Waals surface area (Å²) in [4.78, 5) is 26.3. The Balaban J connectivity index is 1.59. The number of nitrogens with one attached hydrogen (secondary N) is 2. The topological polar surface area (TPSA) is 79.3 Å². The van der Waals surface area contributed by atoms with E-state index in [-0.39, 0.29) is 17.7 Å². The molecule has 1 aromatic heterocycles. The second-order valence-electron chi connectivity index (χ2n) is 7.31. The molecule has 140 valence electrons. The predicted octanol–water partition coefficient (Wildman–Crippen LogP) is 1.49. The minimum atomic E-state index is -0.170. The van der Waals surface area contributed by atoms with Crippen molar-refractivity contribution in [3.8, 4) is 0 Å². The number of hydrogen-bond acceptors (Lipinski definition) is 4. The van der Waals surface area contributed by atoms with Gasteiger partial charge in [-0.15, -0.1) is 0 Å². The van der Waals surface area contributed by atoms with Crippen LogP contribution in [0.2, 0.25) is 0 Å². The Labute approximate surface area is 150 Å². The van der Waals surface area contributed by atoms with Crippen LogP contribution in [0.3, 0.4) is 0 Å². The van der Waals surface area contributed by atoms with E-state index in [1.807, 2.05) is 24.7 Å². The van der Waals surface area contributed by atoms with Crippen LogP contribution in [0, 0.1) is 18.8 Å². The normalized spacial score (nSPS) is 17.2. The smallest absolute Gasteiger partial charge is 0.242 e. The van der Waals surface area contributed by atoms with Crippen LogP contribution in [0.4, 0.5) is 0 Å². The zero-order valence-corrected chi connectivity index (χ0v) is 15.6. The van der Waals surface area contributed by atoms with Gasteiger partial charge in [0.1, 0.15) is 0 Å². The van der Waals surface area contributed by atoms with E-state index in [4.69, 9.17) is 0 Å². The van der Waals surface area contributed by atoms with Crippen LogP contribution in [0.15, 0.2) is 12.4 Å². The number of piperidine rings is 1. The SMILES string of the molecule is Cc1cnn(CCCC(=O)NNC(=O)C(C)CN2CCC(C)CC2)c1. The molecule has 1 saturated heterocycles. The molecular weight excluding hydrogens is 318 g/mol. The van der Waals surface area contributed by atoms with E-state index in [1.54, 1.807) is 6.20 Å². The average Bonchev–Trinajstić information content (AvgIpc) is 3.00. The van der Waals surface area contributed by atoms with Crippen LogP contribution >= 0.6 is 0 Å². The fourth-order valence-corrected chi connectivity index (χ4v) is 3.02. The molecule has 1 aliphatic heterocycles. The molecule has 1 aromatic rings. The van der Waals surface area contributed by atoms with Gasteiger partial charge in [0.25, 0.3) is 0 Å². The number of carbonyl (C=O) groups is 2. The maximum atomic E-state index is 12.1. The number of hydrazine groups is 1. The Morgan fingerprint density at radius 1 is 1.32 bits per heavy atom. The lowest BCUT2D eigenvalue weighted by Gasteiger charge is -2.31. The number of rotatable bonds is 7. The van der Waals surface area contributed by atoms with Crippen LogP contribution in [-0.2, 0) is 16.1 Å². The Morgan fingerprint density at radius 3 is 2.68 bits per heavy atom. The number of hydrogen-bond donors (Lipinski definition) is 2. The van der Waals surface area contributed by atoms with Crippen molar-refractivity contribution in [2.45, 2.75) is 53.0 Å². The quantitative estimate of drug-likeness (QED) is 0.731. The molecule has 1 fully saturated rings. The summed E-state index contributed by atoms with van der Waals surface area (Å²) in [5.41, 5.74) is 6.16. The molecule has 0 spiro atoms. The van der Waals surface area contributed by atoms with E-state index in [0.29, 0.717) is 19.4 Å². The molecular formula is C18H31N5O2. The Hall–Kier alpha value is -1.89. The zero-order valence-electron chi connectivity index (χ0n) is 15.6. The highest BCUT2D eigenvalue weighted by molar-refractivity contribution is 5.83. The van der Waals surface area contributed by atoms with Gasteiger partial charge in [0.2, 0.25) is 11.8 Å². The number of carbonyl (C=O) groups excluding carboxylic acids is 2. The third kappa shape index (κ3) is 6.86. The van der Waals surface area contributed by atoms with Gasteiger partial charge >= 0.3 is 0 Å². The maximum absolute atomic E-state index is 12.1. The van der Waals surface area contributed by atoms with E-state index in [1.165, 1.54) is 12.8 Å². The molecule has 2 rings (SSSR count). The van der Waals surface area contributed by atoms with Gasteiger partial charge < -0.3 is 4.90 Å². The number of aromatic nitrogens is 2. The number of aryl methyl sites for hydroxylation is 2. The molecule has 2 amide bonds. The molecule has 1 aliphatic rings. The first kappa shape index (κ1) is 19.4. The highest BCUT2D eigenvalue weighted by atomic mass is 16.2. The van der Waals surface area contributed by atoms with Gasteiger partial charge in [-0.25, -0.2) is 0 Å². The van der Waals surface area contributed by atoms with Crippen molar-refractivity contribution in [3.05, 3.63) is 18.0 Å². The second-order valence-corrected chi connectivity index (χ2v) is 7.31. The van der Waals surface area contributed by atoms with E-state index >= 15 is 0 Å². The summed E-state index contributed by atoms with van der Waals surface area (Å²) in [6.45, 7) is 9.70. The average molecular weight is 349 g/mol. The largest absolute Gasteiger partial charge is 0.303 e. The van der Waals surface area contributed by atoms with Crippen LogP contribution < -0.4 is 10.9 Å². The van der Waals surface area contributed by atoms with Gasteiger partial charge in [0, 0.05) is 31.6 Å². The molecule has 0 bridgehead atoms. The van der Waals surface area contributed by atoms with E-state index in [9.17, 15) is 9.59 Å². The first-order valence-corrected chi connectivity index (χ1v) is 9.24. The lowest BCUT2D eigenvalue weighted by molar-refractivity contribution is -0.131. The summed E-state index contributed by atoms with van der Waals surface area (Å²) < 4.78 is 1.82. The van der Waals surface area contributed by atoms with Gasteiger partial charge in [-0.2, -0.15) is 5.10 Å². The lowest BCUT2D eigenvalue weighted by Crippen LogP contribution is -2.47. The van der Waals surface area contributed by atoms with E-state index < -0.39 is 0 Å². The Kier molecular flexibility index (Phi) is 7.43. The van der Waals surface area contributed by atoms with Crippen molar-refractivity contribution >= 4 is 11.8 Å². The molecule has 1 atom stereocenters. The van der Waals surface area contributed by atoms with Crippen molar-refractivity contribution in [2.24, 2.45) is 11.8 Å². The monoisotopic (exact) mass is 349 g/mol. The maximum Gasteiger partial charge on any atom is 0.242 e. The number of nitrogens with zero attached hydrogens (tertiary/aromatic N) is 3. The zero-order chi connectivity index (χ0) is 18.2. The number of amides is 2. The van der Waals surface area contributed by atoms with Crippen molar-refractivity contribution in [1.29, 1.82) is 0 Å². The van der Waals surface area contributed by atoms with Crippen LogP contribution in [-0.4, -0.2) is 46.1 Å². The fourth-order valence-electron chi connectivity index (χ4n) is 3.02. The molecule has 0 saturated carbocycles. The molecule has 0 aromatic carbocycles. The molecule has 7 heteroatoms. The van der Waals surface area contributed by atoms with Gasteiger partial charge in [0.15, 0.2) is 0 Å².